The standard InChI is InChI=1S/C23H32O5/c1-13-7-6-8-17-22(13,3)10-9-14(2)23(17,4)12-15-11-16(21(27)28-5)19(25)20(26)18(15)24/h11,14,17,24-26H,1,6-10,12H2,2-5H3. The number of carbonyl (C=O) groups is 1. The molecule has 5 nitrogen and oxygen atoms in total. The molecule has 2 aliphatic carbocycles. The summed E-state index contributed by atoms with van der Waals surface area (Å²) in [6.45, 7) is 11.2. The summed E-state index contributed by atoms with van der Waals surface area (Å²) < 4.78 is 4.72. The summed E-state index contributed by atoms with van der Waals surface area (Å²) in [4.78, 5) is 12.0. The van der Waals surface area contributed by atoms with E-state index in [1.54, 1.807) is 0 Å². The van der Waals surface area contributed by atoms with Gasteiger partial charge in [-0.2, -0.15) is 0 Å². The first-order chi connectivity index (χ1) is 13.1. The molecule has 0 aromatic heterocycles. The van der Waals surface area contributed by atoms with E-state index in [1.807, 2.05) is 0 Å². The Morgan fingerprint density at radius 2 is 1.89 bits per heavy atom. The third-order valence-corrected chi connectivity index (χ3v) is 7.87. The minimum Gasteiger partial charge on any atom is -0.504 e. The number of aromatic hydroxyl groups is 3. The zero-order chi connectivity index (χ0) is 20.9. The highest BCUT2D eigenvalue weighted by molar-refractivity contribution is 5.94. The van der Waals surface area contributed by atoms with Gasteiger partial charge in [-0.15, -0.1) is 0 Å². The van der Waals surface area contributed by atoms with Crippen molar-refractivity contribution in [2.75, 3.05) is 7.11 Å². The first-order valence-corrected chi connectivity index (χ1v) is 10.1. The Bertz CT molecular complexity index is 814. The molecule has 0 radical (unpaired) electrons. The lowest BCUT2D eigenvalue weighted by Gasteiger charge is -2.59. The molecule has 4 unspecified atom stereocenters. The maximum absolute atomic E-state index is 12.0. The monoisotopic (exact) mass is 388 g/mol. The van der Waals surface area contributed by atoms with Gasteiger partial charge in [0.05, 0.1) is 7.11 Å². The number of benzene rings is 1. The van der Waals surface area contributed by atoms with E-state index >= 15 is 0 Å². The van der Waals surface area contributed by atoms with E-state index in [9.17, 15) is 20.1 Å². The summed E-state index contributed by atoms with van der Waals surface area (Å²) in [5.74, 6) is -1.60. The van der Waals surface area contributed by atoms with E-state index < -0.39 is 17.5 Å². The van der Waals surface area contributed by atoms with Crippen molar-refractivity contribution >= 4 is 5.97 Å². The van der Waals surface area contributed by atoms with E-state index in [2.05, 4.69) is 27.4 Å². The van der Waals surface area contributed by atoms with Crippen LogP contribution in [0.3, 0.4) is 0 Å². The van der Waals surface area contributed by atoms with Crippen LogP contribution in [-0.2, 0) is 11.2 Å². The van der Waals surface area contributed by atoms with Crippen LogP contribution in [0, 0.1) is 22.7 Å². The number of phenolic OH excluding ortho intramolecular Hbond substituents is 3. The number of methoxy groups -OCH3 is 1. The second-order valence-corrected chi connectivity index (χ2v) is 9.21. The van der Waals surface area contributed by atoms with Crippen molar-refractivity contribution in [3.8, 4) is 17.2 Å². The lowest BCUT2D eigenvalue weighted by Crippen LogP contribution is -2.51. The fourth-order valence-electron chi connectivity index (χ4n) is 5.78. The number of phenols is 3. The number of fused-ring (bicyclic) bond motifs is 1. The van der Waals surface area contributed by atoms with E-state index in [4.69, 9.17) is 4.74 Å². The number of hydrogen-bond donors (Lipinski definition) is 3. The Morgan fingerprint density at radius 1 is 1.21 bits per heavy atom. The lowest BCUT2D eigenvalue weighted by atomic mass is 9.46. The predicted molar refractivity (Wildman–Crippen MR) is 108 cm³/mol. The quantitative estimate of drug-likeness (QED) is 0.388. The Morgan fingerprint density at radius 3 is 2.54 bits per heavy atom. The molecule has 3 N–H and O–H groups in total. The van der Waals surface area contributed by atoms with Crippen LogP contribution in [-0.4, -0.2) is 28.4 Å². The van der Waals surface area contributed by atoms with Crippen molar-refractivity contribution in [3.63, 3.8) is 0 Å². The predicted octanol–water partition coefficient (Wildman–Crippen LogP) is 4.93. The number of hydrogen-bond acceptors (Lipinski definition) is 5. The Labute approximate surface area is 167 Å². The molecule has 28 heavy (non-hydrogen) atoms. The SMILES string of the molecule is C=C1CCCC2C1(C)CCC(C)C2(C)Cc1cc(C(=O)OC)c(O)c(O)c1O. The highest BCUT2D eigenvalue weighted by Gasteiger charge is 2.54. The van der Waals surface area contributed by atoms with Gasteiger partial charge in [0.15, 0.2) is 11.5 Å². The molecule has 154 valence electrons. The van der Waals surface area contributed by atoms with Gasteiger partial charge in [-0.1, -0.05) is 32.9 Å². The van der Waals surface area contributed by atoms with Crippen molar-refractivity contribution in [3.05, 3.63) is 29.3 Å². The normalized spacial score (nSPS) is 32.6. The van der Waals surface area contributed by atoms with Gasteiger partial charge in [-0.25, -0.2) is 4.79 Å². The van der Waals surface area contributed by atoms with Gasteiger partial charge in [-0.3, -0.25) is 0 Å². The molecule has 0 saturated heterocycles. The zero-order valence-electron chi connectivity index (χ0n) is 17.3. The third kappa shape index (κ3) is 2.96. The Kier molecular flexibility index (Phi) is 5.15. The van der Waals surface area contributed by atoms with Crippen molar-refractivity contribution in [2.45, 2.75) is 59.3 Å². The van der Waals surface area contributed by atoms with Gasteiger partial charge in [0, 0.05) is 0 Å². The molecule has 2 fully saturated rings. The molecule has 5 heteroatoms. The molecule has 0 heterocycles. The fraction of sp³-hybridized carbons (Fsp3) is 0.609. The van der Waals surface area contributed by atoms with E-state index in [-0.39, 0.29) is 22.1 Å². The van der Waals surface area contributed by atoms with E-state index in [1.165, 1.54) is 18.7 Å². The number of allylic oxidation sites excluding steroid dienone is 1. The molecule has 4 atom stereocenters. The van der Waals surface area contributed by atoms with Gasteiger partial charge < -0.3 is 20.1 Å². The smallest absolute Gasteiger partial charge is 0.341 e. The molecular weight excluding hydrogens is 356 g/mol. The number of ether oxygens (including phenoxy) is 1. The topological polar surface area (TPSA) is 87.0 Å². The summed E-state index contributed by atoms with van der Waals surface area (Å²) in [6.07, 6.45) is 5.97. The van der Waals surface area contributed by atoms with Crippen LogP contribution in [0.15, 0.2) is 18.2 Å². The number of carbonyl (C=O) groups excluding carboxylic acids is 1. The second kappa shape index (κ2) is 7.02. The van der Waals surface area contributed by atoms with Crippen LogP contribution in [0.4, 0.5) is 0 Å². The number of esters is 1. The van der Waals surface area contributed by atoms with Crippen LogP contribution < -0.4 is 0 Å². The summed E-state index contributed by atoms with van der Waals surface area (Å²) in [5, 5.41) is 30.8. The average molecular weight is 389 g/mol. The molecule has 2 aliphatic rings. The van der Waals surface area contributed by atoms with Gasteiger partial charge >= 0.3 is 5.97 Å². The van der Waals surface area contributed by atoms with Crippen molar-refractivity contribution in [1.29, 1.82) is 0 Å². The molecule has 1 aromatic carbocycles. The summed E-state index contributed by atoms with van der Waals surface area (Å²) in [6, 6.07) is 1.46. The van der Waals surface area contributed by atoms with Crippen molar-refractivity contribution in [2.24, 2.45) is 22.7 Å². The summed E-state index contributed by atoms with van der Waals surface area (Å²) in [7, 11) is 1.22. The Hall–Kier alpha value is -2.17. The van der Waals surface area contributed by atoms with Gasteiger partial charge in [0.25, 0.3) is 0 Å². The van der Waals surface area contributed by atoms with Crippen LogP contribution in [0.25, 0.3) is 0 Å². The number of rotatable bonds is 3. The lowest BCUT2D eigenvalue weighted by molar-refractivity contribution is -0.0491. The minimum absolute atomic E-state index is 0.0687. The minimum atomic E-state index is -0.744. The first-order valence-electron chi connectivity index (χ1n) is 10.1. The largest absolute Gasteiger partial charge is 0.504 e. The average Bonchev–Trinajstić information content (AvgIpc) is 2.67. The molecular formula is C23H32O5. The maximum Gasteiger partial charge on any atom is 0.341 e. The first kappa shape index (κ1) is 20.6. The molecule has 2 saturated carbocycles. The highest BCUT2D eigenvalue weighted by atomic mass is 16.5. The molecule has 0 amide bonds. The second-order valence-electron chi connectivity index (χ2n) is 9.21. The maximum atomic E-state index is 12.0. The van der Waals surface area contributed by atoms with Crippen LogP contribution in [0.5, 0.6) is 17.2 Å². The molecule has 0 spiro atoms. The van der Waals surface area contributed by atoms with Gasteiger partial charge in [-0.05, 0) is 72.8 Å². The van der Waals surface area contributed by atoms with Crippen LogP contribution in [0.1, 0.15) is 68.8 Å². The van der Waals surface area contributed by atoms with Gasteiger partial charge in [0.2, 0.25) is 5.75 Å². The highest BCUT2D eigenvalue weighted by Crippen LogP contribution is 2.62. The van der Waals surface area contributed by atoms with Crippen molar-refractivity contribution in [1.82, 2.24) is 0 Å². The van der Waals surface area contributed by atoms with Crippen LogP contribution >= 0.6 is 0 Å². The molecule has 0 bridgehead atoms. The summed E-state index contributed by atoms with van der Waals surface area (Å²) >= 11 is 0. The molecule has 3 rings (SSSR count). The summed E-state index contributed by atoms with van der Waals surface area (Å²) in [5.41, 5.74) is 1.58. The van der Waals surface area contributed by atoms with Gasteiger partial charge in [0.1, 0.15) is 5.56 Å². The van der Waals surface area contributed by atoms with E-state index in [0.717, 1.165) is 32.1 Å². The third-order valence-electron chi connectivity index (χ3n) is 7.87. The fourth-order valence-corrected chi connectivity index (χ4v) is 5.78. The zero-order valence-corrected chi connectivity index (χ0v) is 17.3. The molecule has 1 aromatic rings. The van der Waals surface area contributed by atoms with E-state index in [0.29, 0.717) is 23.8 Å². The molecule has 0 aliphatic heterocycles. The van der Waals surface area contributed by atoms with Crippen LogP contribution in [0.2, 0.25) is 0 Å². The van der Waals surface area contributed by atoms with Crippen molar-refractivity contribution < 1.29 is 24.9 Å². The Balaban J connectivity index is 2.07.